The van der Waals surface area contributed by atoms with E-state index in [4.69, 9.17) is 37.0 Å². The monoisotopic (exact) mass is 1440 g/mol. The minimum Gasteiger partial charge on any atom is -0.462 e. The lowest BCUT2D eigenvalue weighted by molar-refractivity contribution is -0.161. The van der Waals surface area contributed by atoms with E-state index in [9.17, 15) is 43.2 Å². The van der Waals surface area contributed by atoms with Gasteiger partial charge in [-0.25, -0.2) is 9.13 Å². The summed E-state index contributed by atoms with van der Waals surface area (Å²) >= 11 is 0. The van der Waals surface area contributed by atoms with Gasteiger partial charge in [0.15, 0.2) is 12.2 Å². The molecule has 0 rings (SSSR count). The summed E-state index contributed by atoms with van der Waals surface area (Å²) in [6.45, 7) is 14.2. The molecule has 0 spiro atoms. The summed E-state index contributed by atoms with van der Waals surface area (Å²) in [6, 6.07) is 0. The van der Waals surface area contributed by atoms with Crippen LogP contribution in [0.1, 0.15) is 402 Å². The smallest absolute Gasteiger partial charge is 0.462 e. The number of rotatable bonds is 76. The molecule has 0 radical (unpaired) electrons. The second-order valence-corrected chi connectivity index (χ2v) is 33.0. The first-order valence-electron chi connectivity index (χ1n) is 40.7. The molecule has 0 aromatic rings. The van der Waals surface area contributed by atoms with Gasteiger partial charge in [0, 0.05) is 25.7 Å². The molecule has 6 atom stereocenters. The molecule has 0 aliphatic carbocycles. The molecule has 0 aromatic carbocycles. The minimum absolute atomic E-state index is 0.107. The highest BCUT2D eigenvalue weighted by atomic mass is 31.2. The topological polar surface area (TPSA) is 237 Å². The van der Waals surface area contributed by atoms with E-state index in [1.54, 1.807) is 0 Å². The van der Waals surface area contributed by atoms with Crippen LogP contribution in [0.25, 0.3) is 0 Å². The van der Waals surface area contributed by atoms with Crippen LogP contribution in [0.4, 0.5) is 0 Å². The molecule has 582 valence electrons. The van der Waals surface area contributed by atoms with Crippen LogP contribution in [0.5, 0.6) is 0 Å². The third-order valence-electron chi connectivity index (χ3n) is 18.7. The van der Waals surface area contributed by atoms with E-state index in [0.717, 1.165) is 120 Å². The number of phosphoric ester groups is 2. The molecule has 3 N–H and O–H groups in total. The summed E-state index contributed by atoms with van der Waals surface area (Å²) in [7, 11) is -9.92. The van der Waals surface area contributed by atoms with Gasteiger partial charge < -0.3 is 33.8 Å². The quantitative estimate of drug-likeness (QED) is 0.0222. The minimum atomic E-state index is -4.96. The number of aliphatic hydroxyl groups is 1. The molecule has 0 aliphatic rings. The number of hydrogen-bond acceptors (Lipinski definition) is 15. The number of unbranched alkanes of at least 4 members (excludes halogenated alkanes) is 41. The van der Waals surface area contributed by atoms with Gasteiger partial charge in [-0.1, -0.05) is 351 Å². The zero-order valence-electron chi connectivity index (χ0n) is 64.4. The van der Waals surface area contributed by atoms with Crippen LogP contribution in [0, 0.1) is 23.7 Å². The Morgan fingerprint density at radius 1 is 0.286 bits per heavy atom. The van der Waals surface area contributed by atoms with Gasteiger partial charge in [-0.2, -0.15) is 0 Å². The SMILES string of the molecule is CCC(C)CCCCCCCCC(=O)OC[C@H](COP(=O)(O)OC[C@H](O)COP(=O)(O)OC[C@@H](COC(=O)CCCCCCCCCC(C)C)OC(=O)CCCCCCCCCCCCCCCCCCC(C)C)OC(=O)CCCCCCCCCCCCCCCCCCC(C)C. The van der Waals surface area contributed by atoms with E-state index in [0.29, 0.717) is 31.6 Å². The van der Waals surface area contributed by atoms with Crippen molar-refractivity contribution in [1.82, 2.24) is 0 Å². The highest BCUT2D eigenvalue weighted by molar-refractivity contribution is 7.47. The summed E-state index contributed by atoms with van der Waals surface area (Å²) in [5.74, 6) is 0.935. The Kier molecular flexibility index (Phi) is 66.8. The molecule has 0 amide bonds. The molecule has 0 aliphatic heterocycles. The normalized spacial score (nSPS) is 14.3. The van der Waals surface area contributed by atoms with Crippen molar-refractivity contribution in [2.24, 2.45) is 23.7 Å². The van der Waals surface area contributed by atoms with Crippen LogP contribution < -0.4 is 0 Å². The number of carbonyl (C=O) groups excluding carboxylic acids is 4. The molecule has 19 heteroatoms. The average Bonchev–Trinajstić information content (AvgIpc) is 1.50. The Bertz CT molecular complexity index is 1920. The van der Waals surface area contributed by atoms with Crippen molar-refractivity contribution in [3.8, 4) is 0 Å². The van der Waals surface area contributed by atoms with Crippen molar-refractivity contribution in [3.63, 3.8) is 0 Å². The highest BCUT2D eigenvalue weighted by Crippen LogP contribution is 2.45. The van der Waals surface area contributed by atoms with Crippen LogP contribution in [-0.2, 0) is 65.4 Å². The van der Waals surface area contributed by atoms with Crippen molar-refractivity contribution >= 4 is 39.5 Å². The lowest BCUT2D eigenvalue weighted by Gasteiger charge is -2.21. The van der Waals surface area contributed by atoms with Gasteiger partial charge >= 0.3 is 39.5 Å². The van der Waals surface area contributed by atoms with E-state index < -0.39 is 97.5 Å². The Hall–Kier alpha value is -1.94. The Morgan fingerprint density at radius 3 is 0.724 bits per heavy atom. The van der Waals surface area contributed by atoms with E-state index in [2.05, 4.69) is 55.4 Å². The summed E-state index contributed by atoms with van der Waals surface area (Å²) in [6.07, 6.45) is 54.3. The number of aliphatic hydroxyl groups excluding tert-OH is 1. The highest BCUT2D eigenvalue weighted by Gasteiger charge is 2.30. The number of ether oxygens (including phenoxy) is 4. The molecule has 98 heavy (non-hydrogen) atoms. The van der Waals surface area contributed by atoms with Crippen molar-refractivity contribution in [1.29, 1.82) is 0 Å². The van der Waals surface area contributed by atoms with Gasteiger partial charge in [0.2, 0.25) is 0 Å². The lowest BCUT2D eigenvalue weighted by atomic mass is 10.00. The third kappa shape index (κ3) is 71.1. The fourth-order valence-corrected chi connectivity index (χ4v) is 13.6. The van der Waals surface area contributed by atoms with Crippen molar-refractivity contribution < 1.29 is 80.2 Å². The molecule has 3 unspecified atom stereocenters. The first kappa shape index (κ1) is 96.1. The fourth-order valence-electron chi connectivity index (χ4n) is 12.0. The second kappa shape index (κ2) is 68.2. The van der Waals surface area contributed by atoms with Gasteiger partial charge in [-0.05, 0) is 49.4 Å². The first-order chi connectivity index (χ1) is 47.1. The van der Waals surface area contributed by atoms with Crippen molar-refractivity contribution in [2.75, 3.05) is 39.6 Å². The van der Waals surface area contributed by atoms with E-state index in [-0.39, 0.29) is 25.7 Å². The van der Waals surface area contributed by atoms with Gasteiger partial charge in [0.25, 0.3) is 0 Å². The largest absolute Gasteiger partial charge is 0.472 e. The summed E-state index contributed by atoms with van der Waals surface area (Å²) in [5, 5.41) is 10.6. The molecule has 0 heterocycles. The van der Waals surface area contributed by atoms with Crippen molar-refractivity contribution in [2.45, 2.75) is 420 Å². The number of carbonyl (C=O) groups is 4. The van der Waals surface area contributed by atoms with Crippen molar-refractivity contribution in [3.05, 3.63) is 0 Å². The van der Waals surface area contributed by atoms with Crippen LogP contribution in [0.15, 0.2) is 0 Å². The standard InChI is InChI=1S/C79H154O17P2/c1-9-72(8)58-50-42-37-38-44-52-60-77(82)90-66-75(96-79(84)62-54-46-35-29-25-21-17-13-11-15-19-23-27-32-40-48-56-70(4)5)68-94-98(87,88)92-64-73(80)63-91-97(85,86)93-67-74(65-89-76(81)59-51-43-36-30-33-41-49-57-71(6)7)95-78(83)61-53-45-34-28-24-20-16-12-10-14-18-22-26-31-39-47-55-69(2)3/h69-75,80H,9-68H2,1-8H3,(H,85,86)(H,87,88)/t72?,73-,74-,75-/m1/s1. The number of esters is 4. The maximum Gasteiger partial charge on any atom is 0.472 e. The fraction of sp³-hybridized carbons (Fsp3) is 0.949. The maximum atomic E-state index is 13.1. The first-order valence-corrected chi connectivity index (χ1v) is 43.7. The van der Waals surface area contributed by atoms with Gasteiger partial charge in [-0.15, -0.1) is 0 Å². The molecule has 0 saturated heterocycles. The van der Waals surface area contributed by atoms with Crippen LogP contribution in [-0.4, -0.2) is 96.7 Å². The molecular formula is C79H154O17P2. The van der Waals surface area contributed by atoms with E-state index >= 15 is 0 Å². The summed E-state index contributed by atoms with van der Waals surface area (Å²) in [4.78, 5) is 72.9. The second-order valence-electron chi connectivity index (χ2n) is 30.1. The lowest BCUT2D eigenvalue weighted by Crippen LogP contribution is -2.30. The van der Waals surface area contributed by atoms with Crippen LogP contribution in [0.2, 0.25) is 0 Å². The van der Waals surface area contributed by atoms with Gasteiger partial charge in [0.1, 0.15) is 19.3 Å². The maximum absolute atomic E-state index is 13.1. The predicted molar refractivity (Wildman–Crippen MR) is 400 cm³/mol. The number of hydrogen-bond donors (Lipinski definition) is 3. The van der Waals surface area contributed by atoms with E-state index in [1.807, 2.05) is 0 Å². The third-order valence-corrected chi connectivity index (χ3v) is 20.6. The van der Waals surface area contributed by atoms with Gasteiger partial charge in [0.05, 0.1) is 26.4 Å². The molecular weight excluding hydrogens is 1280 g/mol. The zero-order chi connectivity index (χ0) is 72.4. The van der Waals surface area contributed by atoms with E-state index in [1.165, 1.54) is 193 Å². The average molecular weight is 1440 g/mol. The Morgan fingerprint density at radius 2 is 0.490 bits per heavy atom. The van der Waals surface area contributed by atoms with Gasteiger partial charge in [-0.3, -0.25) is 37.3 Å². The molecule has 0 aromatic heterocycles. The molecule has 17 nitrogen and oxygen atoms in total. The Balaban J connectivity index is 5.19. The molecule has 0 saturated carbocycles. The molecule has 0 bridgehead atoms. The number of phosphoric acid groups is 2. The zero-order valence-corrected chi connectivity index (χ0v) is 66.2. The molecule has 0 fully saturated rings. The summed E-state index contributed by atoms with van der Waals surface area (Å²) in [5.41, 5.74) is 0. The predicted octanol–water partition coefficient (Wildman–Crippen LogP) is 23.2. The summed E-state index contributed by atoms with van der Waals surface area (Å²) < 4.78 is 68.6. The van der Waals surface area contributed by atoms with Crippen LogP contribution in [0.3, 0.4) is 0 Å². The van der Waals surface area contributed by atoms with Crippen LogP contribution >= 0.6 is 15.6 Å². The Labute approximate surface area is 600 Å².